The maximum absolute atomic E-state index is 6.00. The maximum atomic E-state index is 6.00. The molecule has 0 rings (SSSR count). The van der Waals surface area contributed by atoms with E-state index in [1.807, 2.05) is 13.8 Å². The Morgan fingerprint density at radius 2 is 1.46 bits per heavy atom. The summed E-state index contributed by atoms with van der Waals surface area (Å²) in [7, 11) is 0. The highest BCUT2D eigenvalue weighted by atomic mass is 35.5. The Kier molecular flexibility index (Phi) is 6.88. The Labute approximate surface area is 97.8 Å². The lowest BCUT2D eigenvalue weighted by Crippen LogP contribution is -2.23. The second-order valence-corrected chi connectivity index (χ2v) is 6.03. The number of thiol groups is 1. The third-order valence-corrected chi connectivity index (χ3v) is 4.24. The van der Waals surface area contributed by atoms with Crippen LogP contribution in [0.2, 0.25) is 0 Å². The van der Waals surface area contributed by atoms with Gasteiger partial charge in [-0.25, -0.2) is 0 Å². The molecular formula is C10H20Cl2S. The van der Waals surface area contributed by atoms with Crippen molar-refractivity contribution in [2.24, 2.45) is 11.8 Å². The summed E-state index contributed by atoms with van der Waals surface area (Å²) in [5.41, 5.74) is 0. The molecule has 0 amide bonds. The first kappa shape index (κ1) is 13.9. The normalized spacial score (nSPS) is 23.3. The number of alkyl halides is 2. The van der Waals surface area contributed by atoms with Gasteiger partial charge in [-0.3, -0.25) is 0 Å². The molecule has 0 fully saturated rings. The lowest BCUT2D eigenvalue weighted by molar-refractivity contribution is 0.436. The fourth-order valence-electron chi connectivity index (χ4n) is 1.09. The van der Waals surface area contributed by atoms with Gasteiger partial charge in [-0.2, -0.15) is 12.6 Å². The summed E-state index contributed by atoms with van der Waals surface area (Å²) in [4.78, 5) is 0. The second kappa shape index (κ2) is 6.42. The van der Waals surface area contributed by atoms with Gasteiger partial charge in [0, 0.05) is 16.0 Å². The van der Waals surface area contributed by atoms with E-state index in [-0.39, 0.29) is 10.8 Å². The van der Waals surface area contributed by atoms with Gasteiger partial charge < -0.3 is 0 Å². The van der Waals surface area contributed by atoms with E-state index < -0.39 is 0 Å². The Morgan fingerprint density at radius 3 is 1.77 bits per heavy atom. The zero-order valence-electron chi connectivity index (χ0n) is 8.80. The van der Waals surface area contributed by atoms with Crippen molar-refractivity contribution in [3.8, 4) is 0 Å². The molecule has 0 saturated heterocycles. The van der Waals surface area contributed by atoms with Crippen molar-refractivity contribution < 1.29 is 0 Å². The second-order valence-electron chi connectivity index (χ2n) is 3.99. The summed E-state index contributed by atoms with van der Waals surface area (Å²) < 4.78 is 0. The third-order valence-electron chi connectivity index (χ3n) is 2.73. The molecule has 0 aromatic carbocycles. The Bertz CT molecular complexity index is 137. The summed E-state index contributed by atoms with van der Waals surface area (Å²) in [5, 5.41) is 0.747. The van der Waals surface area contributed by atoms with Gasteiger partial charge >= 0.3 is 0 Å². The summed E-state index contributed by atoms with van der Waals surface area (Å²) in [6.45, 7) is 8.35. The topological polar surface area (TPSA) is 0 Å². The van der Waals surface area contributed by atoms with Crippen molar-refractivity contribution in [2.75, 3.05) is 0 Å². The van der Waals surface area contributed by atoms with Crippen molar-refractivity contribution in [1.82, 2.24) is 0 Å². The highest BCUT2D eigenvalue weighted by Crippen LogP contribution is 2.26. The molecule has 0 aromatic heterocycles. The van der Waals surface area contributed by atoms with E-state index in [1.54, 1.807) is 0 Å². The molecule has 0 bridgehead atoms. The van der Waals surface area contributed by atoms with Crippen LogP contribution in [-0.4, -0.2) is 16.0 Å². The molecule has 0 aromatic rings. The lowest BCUT2D eigenvalue weighted by atomic mass is 9.94. The SMILES string of the molecule is CC(Cl)C(C)CC(S)C(C)C(C)Cl. The van der Waals surface area contributed by atoms with Gasteiger partial charge in [0.05, 0.1) is 0 Å². The van der Waals surface area contributed by atoms with Gasteiger partial charge in [0.15, 0.2) is 0 Å². The first-order valence-electron chi connectivity index (χ1n) is 4.82. The van der Waals surface area contributed by atoms with E-state index >= 15 is 0 Å². The average Bonchev–Trinajstić information content (AvgIpc) is 2.02. The number of hydrogen-bond acceptors (Lipinski definition) is 1. The Balaban J connectivity index is 3.92. The summed E-state index contributed by atoms with van der Waals surface area (Å²) in [6.07, 6.45) is 1.03. The third kappa shape index (κ3) is 5.39. The van der Waals surface area contributed by atoms with Gasteiger partial charge in [0.1, 0.15) is 0 Å². The number of halogens is 2. The number of hydrogen-bond donors (Lipinski definition) is 1. The summed E-state index contributed by atoms with van der Waals surface area (Å²) in [6, 6.07) is 0. The zero-order chi connectivity index (χ0) is 10.6. The predicted octanol–water partition coefficient (Wildman–Crippen LogP) is 4.20. The predicted molar refractivity (Wildman–Crippen MR) is 66.3 cm³/mol. The van der Waals surface area contributed by atoms with Crippen molar-refractivity contribution >= 4 is 35.8 Å². The van der Waals surface area contributed by atoms with Crippen LogP contribution < -0.4 is 0 Å². The van der Waals surface area contributed by atoms with Crippen LogP contribution in [0.1, 0.15) is 34.1 Å². The molecule has 5 unspecified atom stereocenters. The highest BCUT2D eigenvalue weighted by molar-refractivity contribution is 7.81. The minimum absolute atomic E-state index is 0.181. The van der Waals surface area contributed by atoms with Crippen LogP contribution in [0, 0.1) is 11.8 Å². The maximum Gasteiger partial charge on any atom is 0.0343 e. The Morgan fingerprint density at radius 1 is 1.00 bits per heavy atom. The fraction of sp³-hybridized carbons (Fsp3) is 1.00. The van der Waals surface area contributed by atoms with Crippen LogP contribution in [0.15, 0.2) is 0 Å². The molecule has 0 N–H and O–H groups in total. The molecular weight excluding hydrogens is 223 g/mol. The van der Waals surface area contributed by atoms with Crippen molar-refractivity contribution in [1.29, 1.82) is 0 Å². The average molecular weight is 243 g/mol. The molecule has 0 spiro atoms. The molecule has 0 heterocycles. The van der Waals surface area contributed by atoms with E-state index in [0.29, 0.717) is 17.1 Å². The van der Waals surface area contributed by atoms with Crippen molar-refractivity contribution in [3.05, 3.63) is 0 Å². The molecule has 0 aliphatic rings. The molecule has 3 heteroatoms. The van der Waals surface area contributed by atoms with E-state index in [9.17, 15) is 0 Å². The summed E-state index contributed by atoms with van der Waals surface area (Å²) in [5.74, 6) is 0.935. The van der Waals surface area contributed by atoms with Crippen molar-refractivity contribution in [2.45, 2.75) is 50.1 Å². The standard InChI is InChI=1S/C10H20Cl2S/c1-6(8(3)11)5-10(13)7(2)9(4)12/h6-10,13H,5H2,1-4H3. The van der Waals surface area contributed by atoms with E-state index in [0.717, 1.165) is 6.42 Å². The lowest BCUT2D eigenvalue weighted by Gasteiger charge is -2.25. The quantitative estimate of drug-likeness (QED) is 0.543. The van der Waals surface area contributed by atoms with Crippen LogP contribution >= 0.6 is 35.8 Å². The van der Waals surface area contributed by atoms with E-state index in [4.69, 9.17) is 23.2 Å². The zero-order valence-corrected chi connectivity index (χ0v) is 11.2. The van der Waals surface area contributed by atoms with Gasteiger partial charge in [0.2, 0.25) is 0 Å². The minimum Gasteiger partial charge on any atom is -0.176 e. The largest absolute Gasteiger partial charge is 0.176 e. The van der Waals surface area contributed by atoms with Gasteiger partial charge in [0.25, 0.3) is 0 Å². The molecule has 0 saturated carbocycles. The molecule has 0 nitrogen and oxygen atoms in total. The van der Waals surface area contributed by atoms with Crippen molar-refractivity contribution in [3.63, 3.8) is 0 Å². The van der Waals surface area contributed by atoms with Crippen LogP contribution in [0.25, 0.3) is 0 Å². The van der Waals surface area contributed by atoms with Crippen LogP contribution in [0.3, 0.4) is 0 Å². The molecule has 0 aliphatic carbocycles. The first-order valence-corrected chi connectivity index (χ1v) is 6.21. The smallest absolute Gasteiger partial charge is 0.0343 e. The minimum atomic E-state index is 0.181. The van der Waals surface area contributed by atoms with Crippen LogP contribution in [0.4, 0.5) is 0 Å². The molecule has 0 aliphatic heterocycles. The van der Waals surface area contributed by atoms with Crippen LogP contribution in [0.5, 0.6) is 0 Å². The van der Waals surface area contributed by atoms with Crippen LogP contribution in [-0.2, 0) is 0 Å². The monoisotopic (exact) mass is 242 g/mol. The highest BCUT2D eigenvalue weighted by Gasteiger charge is 2.21. The summed E-state index contributed by atoms with van der Waals surface area (Å²) >= 11 is 16.5. The van der Waals surface area contributed by atoms with Gasteiger partial charge in [-0.15, -0.1) is 23.2 Å². The van der Waals surface area contributed by atoms with Gasteiger partial charge in [-0.1, -0.05) is 13.8 Å². The Hall–Kier alpha value is 0.930. The molecule has 13 heavy (non-hydrogen) atoms. The van der Waals surface area contributed by atoms with E-state index in [1.165, 1.54) is 0 Å². The number of rotatable bonds is 5. The molecule has 80 valence electrons. The fourth-order valence-corrected chi connectivity index (χ4v) is 2.06. The van der Waals surface area contributed by atoms with Gasteiger partial charge in [-0.05, 0) is 32.1 Å². The first-order chi connectivity index (χ1) is 5.86. The molecule has 0 radical (unpaired) electrons. The van der Waals surface area contributed by atoms with E-state index in [2.05, 4.69) is 26.5 Å². The molecule has 5 atom stereocenters.